The number of hydrogen-bond acceptors (Lipinski definition) is 4. The third-order valence-corrected chi connectivity index (χ3v) is 5.63. The van der Waals surface area contributed by atoms with Crippen LogP contribution in [0.2, 0.25) is 0 Å². The SMILES string of the molecule is CNS(=O)(=O)c1ccc(NC(C)c2ccccc2)c(-c2cn(C)cn2)c1. The van der Waals surface area contributed by atoms with E-state index in [1.54, 1.807) is 24.5 Å². The molecule has 0 bridgehead atoms. The van der Waals surface area contributed by atoms with Crippen LogP contribution in [0.1, 0.15) is 18.5 Å². The lowest BCUT2D eigenvalue weighted by atomic mass is 10.1. The number of aryl methyl sites for hydroxylation is 1. The maximum absolute atomic E-state index is 12.2. The van der Waals surface area contributed by atoms with E-state index in [1.807, 2.05) is 36.0 Å². The Kier molecular flexibility index (Phi) is 5.11. The molecule has 0 saturated heterocycles. The molecule has 1 aromatic heterocycles. The highest BCUT2D eigenvalue weighted by Gasteiger charge is 2.17. The van der Waals surface area contributed by atoms with Gasteiger partial charge in [-0.1, -0.05) is 30.3 Å². The first kappa shape index (κ1) is 18.2. The monoisotopic (exact) mass is 370 g/mol. The summed E-state index contributed by atoms with van der Waals surface area (Å²) in [5.41, 5.74) is 3.43. The molecule has 26 heavy (non-hydrogen) atoms. The number of rotatable bonds is 6. The highest BCUT2D eigenvalue weighted by molar-refractivity contribution is 7.89. The van der Waals surface area contributed by atoms with E-state index in [9.17, 15) is 8.42 Å². The van der Waals surface area contributed by atoms with E-state index < -0.39 is 10.0 Å². The second kappa shape index (κ2) is 7.31. The second-order valence-electron chi connectivity index (χ2n) is 6.12. The number of imidazole rings is 1. The van der Waals surface area contributed by atoms with Gasteiger partial charge in [-0.15, -0.1) is 0 Å². The van der Waals surface area contributed by atoms with Crippen molar-refractivity contribution in [3.8, 4) is 11.3 Å². The highest BCUT2D eigenvalue weighted by Crippen LogP contribution is 2.32. The molecular weight excluding hydrogens is 348 g/mol. The van der Waals surface area contributed by atoms with Gasteiger partial charge in [0, 0.05) is 30.5 Å². The third kappa shape index (κ3) is 3.79. The molecule has 3 rings (SSSR count). The first-order chi connectivity index (χ1) is 12.4. The van der Waals surface area contributed by atoms with Crippen LogP contribution in [0.25, 0.3) is 11.3 Å². The van der Waals surface area contributed by atoms with Gasteiger partial charge in [-0.05, 0) is 37.7 Å². The van der Waals surface area contributed by atoms with Gasteiger partial charge in [0.2, 0.25) is 10.0 Å². The number of nitrogens with one attached hydrogen (secondary N) is 2. The number of hydrogen-bond donors (Lipinski definition) is 2. The summed E-state index contributed by atoms with van der Waals surface area (Å²) in [6.07, 6.45) is 3.56. The summed E-state index contributed by atoms with van der Waals surface area (Å²) < 4.78 is 28.6. The van der Waals surface area contributed by atoms with E-state index in [-0.39, 0.29) is 10.9 Å². The van der Waals surface area contributed by atoms with Crippen molar-refractivity contribution in [3.05, 3.63) is 66.6 Å². The molecule has 136 valence electrons. The van der Waals surface area contributed by atoms with Gasteiger partial charge in [0.25, 0.3) is 0 Å². The van der Waals surface area contributed by atoms with Crippen LogP contribution < -0.4 is 10.0 Å². The van der Waals surface area contributed by atoms with Crippen molar-refractivity contribution < 1.29 is 8.42 Å². The fourth-order valence-corrected chi connectivity index (χ4v) is 3.51. The molecule has 0 radical (unpaired) electrons. The largest absolute Gasteiger partial charge is 0.378 e. The first-order valence-corrected chi connectivity index (χ1v) is 9.76. The lowest BCUT2D eigenvalue weighted by Gasteiger charge is -2.19. The zero-order chi connectivity index (χ0) is 18.7. The first-order valence-electron chi connectivity index (χ1n) is 8.28. The molecule has 0 amide bonds. The van der Waals surface area contributed by atoms with Crippen LogP contribution >= 0.6 is 0 Å². The van der Waals surface area contributed by atoms with Crippen molar-refractivity contribution >= 4 is 15.7 Å². The van der Waals surface area contributed by atoms with Gasteiger partial charge in [0.05, 0.1) is 16.9 Å². The van der Waals surface area contributed by atoms with Crippen molar-refractivity contribution in [2.45, 2.75) is 17.9 Å². The molecule has 0 saturated carbocycles. The molecule has 0 aliphatic heterocycles. The molecule has 0 aliphatic carbocycles. The third-order valence-electron chi connectivity index (χ3n) is 4.22. The molecule has 2 N–H and O–H groups in total. The Hall–Kier alpha value is -2.64. The average molecular weight is 370 g/mol. The lowest BCUT2D eigenvalue weighted by molar-refractivity contribution is 0.588. The number of anilines is 1. The molecule has 0 fully saturated rings. The topological polar surface area (TPSA) is 76.0 Å². The average Bonchev–Trinajstić information content (AvgIpc) is 3.08. The van der Waals surface area contributed by atoms with E-state index in [1.165, 1.54) is 7.05 Å². The number of sulfonamides is 1. The summed E-state index contributed by atoms with van der Waals surface area (Å²) in [7, 11) is -0.250. The molecule has 0 spiro atoms. The Balaban J connectivity index is 2.04. The minimum absolute atomic E-state index is 0.0606. The Morgan fingerprint density at radius 3 is 2.46 bits per heavy atom. The van der Waals surface area contributed by atoms with Crippen LogP contribution in [0.15, 0.2) is 66.0 Å². The molecule has 1 unspecified atom stereocenters. The van der Waals surface area contributed by atoms with Crippen LogP contribution in [-0.2, 0) is 17.1 Å². The Bertz CT molecular complexity index is 997. The summed E-state index contributed by atoms with van der Waals surface area (Å²) in [4.78, 5) is 4.59. The fraction of sp³-hybridized carbons (Fsp3) is 0.211. The molecule has 1 atom stereocenters. The van der Waals surface area contributed by atoms with Crippen LogP contribution in [0.4, 0.5) is 5.69 Å². The standard InChI is InChI=1S/C19H22N4O2S/c1-14(15-7-5-4-6-8-15)22-18-10-9-16(26(24,25)20-2)11-17(18)19-12-23(3)13-21-19/h4-14,20,22H,1-3H3. The smallest absolute Gasteiger partial charge is 0.240 e. The van der Waals surface area contributed by atoms with Crippen molar-refractivity contribution in [1.29, 1.82) is 0 Å². The Morgan fingerprint density at radius 2 is 1.85 bits per heavy atom. The predicted molar refractivity (Wildman–Crippen MR) is 103 cm³/mol. The van der Waals surface area contributed by atoms with E-state index in [0.29, 0.717) is 5.69 Å². The van der Waals surface area contributed by atoms with Gasteiger partial charge >= 0.3 is 0 Å². The Morgan fingerprint density at radius 1 is 1.12 bits per heavy atom. The molecule has 3 aromatic rings. The van der Waals surface area contributed by atoms with Gasteiger partial charge in [0.1, 0.15) is 0 Å². The van der Waals surface area contributed by atoms with Crippen molar-refractivity contribution in [3.63, 3.8) is 0 Å². The maximum atomic E-state index is 12.2. The van der Waals surface area contributed by atoms with Crippen molar-refractivity contribution in [2.75, 3.05) is 12.4 Å². The highest BCUT2D eigenvalue weighted by atomic mass is 32.2. The fourth-order valence-electron chi connectivity index (χ4n) is 2.76. The van der Waals surface area contributed by atoms with E-state index in [2.05, 4.69) is 34.1 Å². The summed E-state index contributed by atoms with van der Waals surface area (Å²) in [6.45, 7) is 2.07. The zero-order valence-corrected chi connectivity index (χ0v) is 15.8. The second-order valence-corrected chi connectivity index (χ2v) is 8.00. The van der Waals surface area contributed by atoms with Gasteiger partial charge in [0.15, 0.2) is 0 Å². The van der Waals surface area contributed by atoms with Crippen LogP contribution in [0, 0.1) is 0 Å². The van der Waals surface area contributed by atoms with Crippen LogP contribution in [0.5, 0.6) is 0 Å². The summed E-state index contributed by atoms with van der Waals surface area (Å²) in [5.74, 6) is 0. The molecule has 1 heterocycles. The molecule has 2 aromatic carbocycles. The normalized spacial score (nSPS) is 12.7. The van der Waals surface area contributed by atoms with E-state index >= 15 is 0 Å². The number of aromatic nitrogens is 2. The van der Waals surface area contributed by atoms with Crippen molar-refractivity contribution in [1.82, 2.24) is 14.3 Å². The summed E-state index contributed by atoms with van der Waals surface area (Å²) in [6, 6.07) is 15.2. The number of nitrogens with zero attached hydrogens (tertiary/aromatic N) is 2. The lowest BCUT2D eigenvalue weighted by Crippen LogP contribution is -2.18. The summed E-state index contributed by atoms with van der Waals surface area (Å²) in [5, 5.41) is 3.47. The molecule has 6 nitrogen and oxygen atoms in total. The molecular formula is C19H22N4O2S. The predicted octanol–water partition coefficient (Wildman–Crippen LogP) is 3.17. The zero-order valence-electron chi connectivity index (χ0n) is 15.0. The minimum atomic E-state index is -3.53. The van der Waals surface area contributed by atoms with Crippen LogP contribution in [-0.4, -0.2) is 25.0 Å². The van der Waals surface area contributed by atoms with E-state index in [4.69, 9.17) is 0 Å². The van der Waals surface area contributed by atoms with Crippen LogP contribution in [0.3, 0.4) is 0 Å². The number of benzene rings is 2. The quantitative estimate of drug-likeness (QED) is 0.699. The maximum Gasteiger partial charge on any atom is 0.240 e. The molecule has 0 aliphatic rings. The van der Waals surface area contributed by atoms with Gasteiger partial charge < -0.3 is 9.88 Å². The van der Waals surface area contributed by atoms with Gasteiger partial charge in [-0.2, -0.15) is 0 Å². The molecule has 7 heteroatoms. The Labute approximate surface area is 154 Å². The van der Waals surface area contributed by atoms with Crippen molar-refractivity contribution in [2.24, 2.45) is 7.05 Å². The minimum Gasteiger partial charge on any atom is -0.378 e. The van der Waals surface area contributed by atoms with E-state index in [0.717, 1.165) is 16.8 Å². The summed E-state index contributed by atoms with van der Waals surface area (Å²) >= 11 is 0. The van der Waals surface area contributed by atoms with Gasteiger partial charge in [-0.25, -0.2) is 18.1 Å². The van der Waals surface area contributed by atoms with Gasteiger partial charge in [-0.3, -0.25) is 0 Å².